The minimum Gasteiger partial charge on any atom is -0.496 e. The number of hydrogen-bond acceptors (Lipinski definition) is 5. The summed E-state index contributed by atoms with van der Waals surface area (Å²) in [4.78, 5) is 14.2. The average molecular weight is 422 g/mol. The van der Waals surface area contributed by atoms with Crippen LogP contribution in [0.2, 0.25) is 0 Å². The Bertz CT molecular complexity index is 1020. The molecule has 0 radical (unpaired) electrons. The van der Waals surface area contributed by atoms with Crippen LogP contribution in [0.5, 0.6) is 11.5 Å². The highest BCUT2D eigenvalue weighted by Gasteiger charge is 2.30. The molecule has 2 aromatic carbocycles. The Morgan fingerprint density at radius 2 is 1.97 bits per heavy atom. The van der Waals surface area contributed by atoms with Gasteiger partial charge in [-0.2, -0.15) is 5.26 Å². The monoisotopic (exact) mass is 421 g/mol. The molecule has 30 heavy (non-hydrogen) atoms. The van der Waals surface area contributed by atoms with E-state index in [-0.39, 0.29) is 12.5 Å². The number of ether oxygens (including phenoxy) is 2. The molecule has 1 N–H and O–H groups in total. The first-order chi connectivity index (χ1) is 14.4. The van der Waals surface area contributed by atoms with Crippen molar-refractivity contribution < 1.29 is 14.3 Å². The van der Waals surface area contributed by atoms with Gasteiger partial charge in [0, 0.05) is 12.1 Å². The number of nitrogens with one attached hydrogen (secondary N) is 1. The first-order valence-electron chi connectivity index (χ1n) is 9.55. The van der Waals surface area contributed by atoms with Gasteiger partial charge < -0.3 is 14.8 Å². The van der Waals surface area contributed by atoms with Gasteiger partial charge in [-0.1, -0.05) is 19.9 Å². The number of rotatable bonds is 7. The summed E-state index contributed by atoms with van der Waals surface area (Å²) in [5.41, 5.74) is 2.69. The molecular weight excluding hydrogens is 398 g/mol. The van der Waals surface area contributed by atoms with Crippen LogP contribution in [0.1, 0.15) is 30.5 Å². The second-order valence-electron chi connectivity index (χ2n) is 7.29. The molecule has 0 atom stereocenters. The van der Waals surface area contributed by atoms with Crippen molar-refractivity contribution in [1.82, 2.24) is 10.2 Å². The molecule has 0 unspecified atom stereocenters. The van der Waals surface area contributed by atoms with E-state index < -0.39 is 0 Å². The zero-order valence-corrected chi connectivity index (χ0v) is 18.0. The van der Waals surface area contributed by atoms with Crippen molar-refractivity contribution in [2.45, 2.75) is 20.5 Å². The third-order valence-corrected chi connectivity index (χ3v) is 4.83. The van der Waals surface area contributed by atoms with Gasteiger partial charge in [-0.15, -0.1) is 0 Å². The first-order valence-corrected chi connectivity index (χ1v) is 9.96. The van der Waals surface area contributed by atoms with Gasteiger partial charge in [0.25, 0.3) is 5.91 Å². The van der Waals surface area contributed by atoms with Crippen molar-refractivity contribution in [2.24, 2.45) is 5.92 Å². The minimum atomic E-state index is -0.125. The lowest BCUT2D eigenvalue weighted by Gasteiger charge is -2.16. The van der Waals surface area contributed by atoms with Crippen molar-refractivity contribution >= 4 is 29.3 Å². The van der Waals surface area contributed by atoms with Crippen molar-refractivity contribution in [1.29, 1.82) is 5.26 Å². The van der Waals surface area contributed by atoms with E-state index in [4.69, 9.17) is 27.0 Å². The Labute approximate surface area is 181 Å². The fourth-order valence-electron chi connectivity index (χ4n) is 3.06. The lowest BCUT2D eigenvalue weighted by atomic mass is 10.1. The van der Waals surface area contributed by atoms with Crippen molar-refractivity contribution in [3.8, 4) is 17.6 Å². The van der Waals surface area contributed by atoms with Gasteiger partial charge in [-0.25, -0.2) is 0 Å². The zero-order chi connectivity index (χ0) is 21.7. The predicted molar refractivity (Wildman–Crippen MR) is 119 cm³/mol. The number of carbonyl (C=O) groups excluding carboxylic acids is 1. The van der Waals surface area contributed by atoms with E-state index in [1.54, 1.807) is 42.4 Å². The van der Waals surface area contributed by atoms with Crippen molar-refractivity contribution in [3.05, 3.63) is 64.9 Å². The summed E-state index contributed by atoms with van der Waals surface area (Å²) in [6.07, 6.45) is 1.78. The fourth-order valence-corrected chi connectivity index (χ4v) is 3.32. The molecule has 0 saturated carbocycles. The van der Waals surface area contributed by atoms with Crippen LogP contribution < -0.4 is 14.8 Å². The molecule has 1 aliphatic rings. The van der Waals surface area contributed by atoms with E-state index in [1.165, 1.54) is 0 Å². The van der Waals surface area contributed by atoms with Crippen LogP contribution in [0.15, 0.2) is 48.2 Å². The maximum absolute atomic E-state index is 12.7. The molecule has 154 valence electrons. The highest BCUT2D eigenvalue weighted by Crippen LogP contribution is 2.24. The van der Waals surface area contributed by atoms with E-state index in [0.717, 1.165) is 11.1 Å². The predicted octanol–water partition coefficient (Wildman–Crippen LogP) is 3.86. The Kier molecular flexibility index (Phi) is 6.70. The van der Waals surface area contributed by atoms with E-state index in [9.17, 15) is 4.79 Å². The summed E-state index contributed by atoms with van der Waals surface area (Å²) in [7, 11) is 1.60. The third-order valence-electron chi connectivity index (χ3n) is 4.50. The number of nitriles is 1. The summed E-state index contributed by atoms with van der Waals surface area (Å²) in [6, 6.07) is 14.6. The second kappa shape index (κ2) is 9.42. The topological polar surface area (TPSA) is 74.6 Å². The molecule has 1 saturated heterocycles. The van der Waals surface area contributed by atoms with Crippen LogP contribution in [0, 0.1) is 17.2 Å². The first kappa shape index (κ1) is 21.3. The molecule has 2 aromatic rings. The molecule has 6 nitrogen and oxygen atoms in total. The number of nitrogens with zero attached hydrogens (tertiary/aromatic N) is 2. The highest BCUT2D eigenvalue weighted by atomic mass is 32.1. The molecule has 0 bridgehead atoms. The SMILES string of the molecule is COc1ccc(/C=C2/NC(=S)N(CC(C)C)C2=O)cc1COc1ccc(C#N)cc1. The summed E-state index contributed by atoms with van der Waals surface area (Å²) in [5, 5.41) is 12.3. The summed E-state index contributed by atoms with van der Waals surface area (Å²) >= 11 is 5.30. The van der Waals surface area contributed by atoms with Crippen LogP contribution in [0.3, 0.4) is 0 Å². The van der Waals surface area contributed by atoms with E-state index in [0.29, 0.717) is 40.3 Å². The maximum Gasteiger partial charge on any atom is 0.276 e. The molecule has 1 amide bonds. The number of hydrogen-bond donors (Lipinski definition) is 1. The van der Waals surface area contributed by atoms with E-state index >= 15 is 0 Å². The number of benzene rings is 2. The summed E-state index contributed by atoms with van der Waals surface area (Å²) in [5.74, 6) is 1.54. The molecule has 0 aliphatic carbocycles. The minimum absolute atomic E-state index is 0.125. The molecular formula is C23H23N3O3S. The van der Waals surface area contributed by atoms with Gasteiger partial charge in [0.2, 0.25) is 0 Å². The lowest BCUT2D eigenvalue weighted by Crippen LogP contribution is -2.33. The van der Waals surface area contributed by atoms with Crippen LogP contribution >= 0.6 is 12.2 Å². The van der Waals surface area contributed by atoms with Crippen LogP contribution in [-0.2, 0) is 11.4 Å². The van der Waals surface area contributed by atoms with Gasteiger partial charge in [0.15, 0.2) is 5.11 Å². The van der Waals surface area contributed by atoms with Gasteiger partial charge in [0.05, 0.1) is 18.7 Å². The van der Waals surface area contributed by atoms with Crippen LogP contribution in [0.4, 0.5) is 0 Å². The number of carbonyl (C=O) groups is 1. The van der Waals surface area contributed by atoms with E-state index in [2.05, 4.69) is 11.4 Å². The molecule has 0 spiro atoms. The molecule has 3 rings (SSSR count). The standard InChI is InChI=1S/C23H23N3O3S/c1-15(2)13-26-22(27)20(25-23(26)30)11-17-6-9-21(28-3)18(10-17)14-29-19-7-4-16(12-24)5-8-19/h4-11,15H,13-14H2,1-3H3,(H,25,30)/b20-11+. The zero-order valence-electron chi connectivity index (χ0n) is 17.1. The largest absolute Gasteiger partial charge is 0.496 e. The maximum atomic E-state index is 12.7. The molecule has 1 aliphatic heterocycles. The highest BCUT2D eigenvalue weighted by molar-refractivity contribution is 7.80. The molecule has 7 heteroatoms. The van der Waals surface area contributed by atoms with E-state index in [1.807, 2.05) is 32.0 Å². The summed E-state index contributed by atoms with van der Waals surface area (Å²) < 4.78 is 11.3. The Balaban J connectivity index is 1.78. The number of thiocarbonyl (C=S) groups is 1. The Hall–Kier alpha value is -3.37. The number of methoxy groups -OCH3 is 1. The van der Waals surface area contributed by atoms with Gasteiger partial charge in [0.1, 0.15) is 23.8 Å². The summed E-state index contributed by atoms with van der Waals surface area (Å²) in [6.45, 7) is 4.95. The fraction of sp³-hybridized carbons (Fsp3) is 0.261. The molecule has 1 heterocycles. The molecule has 0 aromatic heterocycles. The van der Waals surface area contributed by atoms with Gasteiger partial charge >= 0.3 is 0 Å². The lowest BCUT2D eigenvalue weighted by molar-refractivity contribution is -0.122. The normalized spacial score (nSPS) is 14.8. The van der Waals surface area contributed by atoms with Gasteiger partial charge in [-0.05, 0) is 66.2 Å². The smallest absolute Gasteiger partial charge is 0.276 e. The van der Waals surface area contributed by atoms with Crippen LogP contribution in [0.25, 0.3) is 6.08 Å². The van der Waals surface area contributed by atoms with Gasteiger partial charge in [-0.3, -0.25) is 9.69 Å². The van der Waals surface area contributed by atoms with Crippen molar-refractivity contribution in [3.63, 3.8) is 0 Å². The quantitative estimate of drug-likeness (QED) is 0.541. The number of amides is 1. The van der Waals surface area contributed by atoms with Crippen LogP contribution in [-0.4, -0.2) is 29.6 Å². The average Bonchev–Trinajstić information content (AvgIpc) is 2.99. The Morgan fingerprint density at radius 3 is 2.60 bits per heavy atom. The molecule has 1 fully saturated rings. The third kappa shape index (κ3) is 4.97. The van der Waals surface area contributed by atoms with Crippen molar-refractivity contribution in [2.75, 3.05) is 13.7 Å². The Morgan fingerprint density at radius 1 is 1.23 bits per heavy atom. The second-order valence-corrected chi connectivity index (χ2v) is 7.68.